The molecule has 0 unspecified atom stereocenters. The van der Waals surface area contributed by atoms with E-state index in [0.29, 0.717) is 19.7 Å². The Morgan fingerprint density at radius 2 is 2.00 bits per heavy atom. The maximum Gasteiger partial charge on any atom is 0.320 e. The lowest BCUT2D eigenvalue weighted by atomic mass is 9.61. The quantitative estimate of drug-likeness (QED) is 0.670. The first-order valence-corrected chi connectivity index (χ1v) is 5.21. The molecule has 1 heterocycles. The van der Waals surface area contributed by atoms with Crippen LogP contribution in [0, 0.1) is 5.41 Å². The number of hydrogen-bond acceptors (Lipinski definition) is 3. The van der Waals surface area contributed by atoms with Crippen molar-refractivity contribution in [2.75, 3.05) is 26.2 Å². The van der Waals surface area contributed by atoms with Crippen LogP contribution in [0.15, 0.2) is 0 Å². The minimum absolute atomic E-state index is 0.0146. The molecular formula is C10H15F2NO2. The number of likely N-dealkylation sites (tertiary alicyclic amines) is 1. The van der Waals surface area contributed by atoms with Crippen LogP contribution in [0.4, 0.5) is 8.78 Å². The van der Waals surface area contributed by atoms with E-state index in [1.807, 2.05) is 4.90 Å². The number of nitrogens with zero attached hydrogens (tertiary/aromatic N) is 1. The first kappa shape index (κ1) is 10.8. The van der Waals surface area contributed by atoms with Crippen LogP contribution in [0.25, 0.3) is 0 Å². The summed E-state index contributed by atoms with van der Waals surface area (Å²) in [6.07, 6.45) is -0.0291. The highest BCUT2D eigenvalue weighted by Gasteiger charge is 2.61. The summed E-state index contributed by atoms with van der Waals surface area (Å²) < 4.78 is 30.1. The molecule has 1 aliphatic heterocycles. The highest BCUT2D eigenvalue weighted by molar-refractivity contribution is 5.71. The highest BCUT2D eigenvalue weighted by atomic mass is 19.3. The zero-order chi connectivity index (χ0) is 11.1. The largest absolute Gasteiger partial charge is 0.465 e. The van der Waals surface area contributed by atoms with Crippen LogP contribution in [0.5, 0.6) is 0 Å². The van der Waals surface area contributed by atoms with E-state index in [0.717, 1.165) is 0 Å². The Labute approximate surface area is 87.4 Å². The molecule has 0 amide bonds. The lowest BCUT2D eigenvalue weighted by molar-refractivity contribution is -0.214. The van der Waals surface area contributed by atoms with Gasteiger partial charge in [-0.2, -0.15) is 0 Å². The lowest BCUT2D eigenvalue weighted by Gasteiger charge is -2.58. The number of hydrogen-bond donors (Lipinski definition) is 0. The molecule has 0 atom stereocenters. The van der Waals surface area contributed by atoms with Crippen molar-refractivity contribution in [2.24, 2.45) is 5.41 Å². The summed E-state index contributed by atoms with van der Waals surface area (Å²) in [5.41, 5.74) is -0.198. The summed E-state index contributed by atoms with van der Waals surface area (Å²) >= 11 is 0. The highest BCUT2D eigenvalue weighted by Crippen LogP contribution is 2.56. The normalized spacial score (nSPS) is 26.9. The van der Waals surface area contributed by atoms with Gasteiger partial charge in [0.1, 0.15) is 0 Å². The number of carbonyl (C=O) groups excluding carboxylic acids is 1. The molecule has 1 spiro atoms. The van der Waals surface area contributed by atoms with E-state index in [-0.39, 0.29) is 30.8 Å². The minimum atomic E-state index is -2.46. The first-order chi connectivity index (χ1) is 6.95. The van der Waals surface area contributed by atoms with Gasteiger partial charge in [-0.3, -0.25) is 9.69 Å². The Bertz CT molecular complexity index is 265. The molecule has 0 aromatic rings. The molecular weight excluding hydrogens is 204 g/mol. The van der Waals surface area contributed by atoms with Crippen LogP contribution >= 0.6 is 0 Å². The zero-order valence-electron chi connectivity index (χ0n) is 8.76. The van der Waals surface area contributed by atoms with Gasteiger partial charge in [-0.15, -0.1) is 0 Å². The number of ether oxygens (including phenoxy) is 1. The van der Waals surface area contributed by atoms with Crippen LogP contribution < -0.4 is 0 Å². The minimum Gasteiger partial charge on any atom is -0.465 e. The summed E-state index contributed by atoms with van der Waals surface area (Å²) in [5, 5.41) is 0. The number of halogens is 2. The third-order valence-electron chi connectivity index (χ3n) is 3.04. The molecule has 1 aliphatic carbocycles. The fourth-order valence-electron chi connectivity index (χ4n) is 2.67. The molecule has 1 saturated carbocycles. The van der Waals surface area contributed by atoms with Gasteiger partial charge in [-0.05, 0) is 6.92 Å². The van der Waals surface area contributed by atoms with Crippen molar-refractivity contribution in [3.8, 4) is 0 Å². The molecule has 0 N–H and O–H groups in total. The standard InChI is InChI=1S/C10H15F2NO2/c1-2-15-8(14)3-13-6-9(7-13)4-10(11,12)5-9/h2-7H2,1H3. The Morgan fingerprint density at radius 1 is 1.40 bits per heavy atom. The van der Waals surface area contributed by atoms with Crippen molar-refractivity contribution < 1.29 is 18.3 Å². The van der Waals surface area contributed by atoms with Gasteiger partial charge >= 0.3 is 5.97 Å². The molecule has 0 aromatic carbocycles. The van der Waals surface area contributed by atoms with Gasteiger partial charge in [-0.1, -0.05) is 0 Å². The van der Waals surface area contributed by atoms with E-state index < -0.39 is 5.92 Å². The monoisotopic (exact) mass is 219 g/mol. The summed E-state index contributed by atoms with van der Waals surface area (Å²) in [5.74, 6) is -2.73. The average Bonchev–Trinajstić information content (AvgIpc) is 1.97. The third-order valence-corrected chi connectivity index (χ3v) is 3.04. The number of esters is 1. The molecule has 1 saturated heterocycles. The predicted molar refractivity (Wildman–Crippen MR) is 49.7 cm³/mol. The Hall–Kier alpha value is -0.710. The third kappa shape index (κ3) is 2.12. The molecule has 2 rings (SSSR count). The van der Waals surface area contributed by atoms with Crippen molar-refractivity contribution in [1.29, 1.82) is 0 Å². The Morgan fingerprint density at radius 3 is 2.47 bits per heavy atom. The SMILES string of the molecule is CCOC(=O)CN1CC2(C1)CC(F)(F)C2. The van der Waals surface area contributed by atoms with Gasteiger partial charge < -0.3 is 4.74 Å². The van der Waals surface area contributed by atoms with Gasteiger partial charge in [0.25, 0.3) is 0 Å². The molecule has 0 radical (unpaired) electrons. The molecule has 15 heavy (non-hydrogen) atoms. The van der Waals surface area contributed by atoms with E-state index in [1.54, 1.807) is 6.92 Å². The van der Waals surface area contributed by atoms with E-state index >= 15 is 0 Å². The van der Waals surface area contributed by atoms with E-state index in [1.165, 1.54) is 0 Å². The number of rotatable bonds is 3. The Balaban J connectivity index is 1.69. The summed E-state index contributed by atoms with van der Waals surface area (Å²) in [7, 11) is 0. The summed E-state index contributed by atoms with van der Waals surface area (Å²) in [6, 6.07) is 0. The smallest absolute Gasteiger partial charge is 0.320 e. The van der Waals surface area contributed by atoms with Crippen molar-refractivity contribution >= 4 is 5.97 Å². The van der Waals surface area contributed by atoms with Gasteiger partial charge in [0.2, 0.25) is 5.92 Å². The van der Waals surface area contributed by atoms with E-state index in [9.17, 15) is 13.6 Å². The van der Waals surface area contributed by atoms with Crippen LogP contribution in [0.1, 0.15) is 19.8 Å². The Kier molecular flexibility index (Phi) is 2.45. The number of alkyl halides is 2. The van der Waals surface area contributed by atoms with Gasteiger partial charge in [0, 0.05) is 31.3 Å². The van der Waals surface area contributed by atoms with E-state index in [4.69, 9.17) is 4.74 Å². The first-order valence-electron chi connectivity index (χ1n) is 5.21. The molecule has 3 nitrogen and oxygen atoms in total. The van der Waals surface area contributed by atoms with Crippen LogP contribution in [0.2, 0.25) is 0 Å². The predicted octanol–water partition coefficient (Wildman–Crippen LogP) is 1.28. The van der Waals surface area contributed by atoms with Gasteiger partial charge in [-0.25, -0.2) is 8.78 Å². The van der Waals surface area contributed by atoms with Crippen molar-refractivity contribution in [2.45, 2.75) is 25.7 Å². The fourth-order valence-corrected chi connectivity index (χ4v) is 2.67. The molecule has 0 bridgehead atoms. The van der Waals surface area contributed by atoms with Crippen molar-refractivity contribution in [3.63, 3.8) is 0 Å². The zero-order valence-corrected chi connectivity index (χ0v) is 8.76. The van der Waals surface area contributed by atoms with E-state index in [2.05, 4.69) is 0 Å². The second-order valence-electron chi connectivity index (χ2n) is 4.66. The van der Waals surface area contributed by atoms with Gasteiger partial charge in [0.05, 0.1) is 13.2 Å². The van der Waals surface area contributed by atoms with Crippen LogP contribution in [0.3, 0.4) is 0 Å². The topological polar surface area (TPSA) is 29.5 Å². The summed E-state index contributed by atoms with van der Waals surface area (Å²) in [4.78, 5) is 12.9. The maximum absolute atomic E-state index is 12.7. The lowest BCUT2D eigenvalue weighted by Crippen LogP contribution is -2.66. The second kappa shape index (κ2) is 3.40. The molecule has 86 valence electrons. The van der Waals surface area contributed by atoms with Crippen LogP contribution in [-0.2, 0) is 9.53 Å². The van der Waals surface area contributed by atoms with Gasteiger partial charge in [0.15, 0.2) is 0 Å². The fraction of sp³-hybridized carbons (Fsp3) is 0.900. The number of carbonyl (C=O) groups is 1. The average molecular weight is 219 g/mol. The maximum atomic E-state index is 12.7. The molecule has 0 aromatic heterocycles. The molecule has 2 fully saturated rings. The van der Waals surface area contributed by atoms with Crippen molar-refractivity contribution in [1.82, 2.24) is 4.90 Å². The van der Waals surface area contributed by atoms with Crippen molar-refractivity contribution in [3.05, 3.63) is 0 Å². The second-order valence-corrected chi connectivity index (χ2v) is 4.66. The molecule has 2 aliphatic rings. The summed E-state index contributed by atoms with van der Waals surface area (Å²) in [6.45, 7) is 3.59. The van der Waals surface area contributed by atoms with Crippen LogP contribution in [-0.4, -0.2) is 43.0 Å². The molecule has 5 heteroatoms.